The number of fused-ring (bicyclic) bond motifs is 3. The Kier molecular flexibility index (Phi) is 3.21. The quantitative estimate of drug-likeness (QED) is 0.177. The normalized spacial score (nSPS) is 12.8. The van der Waals surface area contributed by atoms with Crippen LogP contribution in [0.1, 0.15) is 5.56 Å². The van der Waals surface area contributed by atoms with Crippen molar-refractivity contribution in [3.8, 4) is 0 Å². The van der Waals surface area contributed by atoms with E-state index in [1.807, 2.05) is 0 Å². The Balaban J connectivity index is 2.23. The highest BCUT2D eigenvalue weighted by atomic mass is 28.3. The van der Waals surface area contributed by atoms with Crippen LogP contribution in [-0.2, 0) is 14.1 Å². The van der Waals surface area contributed by atoms with Gasteiger partial charge in [-0.25, -0.2) is 9.13 Å². The molecule has 136 valence electrons. The Morgan fingerprint density at radius 2 is 1.78 bits per heavy atom. The van der Waals surface area contributed by atoms with Gasteiger partial charge < -0.3 is 4.42 Å². The molecule has 4 heteroatoms. The first kappa shape index (κ1) is 16.6. The molecule has 0 aliphatic rings. The van der Waals surface area contributed by atoms with Gasteiger partial charge >= 0.3 is 0 Å². The third kappa shape index (κ3) is 2.10. The van der Waals surface area contributed by atoms with Crippen molar-refractivity contribution in [3.63, 3.8) is 0 Å². The van der Waals surface area contributed by atoms with Crippen molar-refractivity contribution in [2.45, 2.75) is 26.6 Å². The molecule has 0 N–H and O–H groups in total. The smallest absolute Gasteiger partial charge is 0.288 e. The molecule has 0 atom stereocenters. The van der Waals surface area contributed by atoms with Crippen molar-refractivity contribution < 1.29 is 8.98 Å². The van der Waals surface area contributed by atoms with Crippen molar-refractivity contribution >= 4 is 57.1 Å². The van der Waals surface area contributed by atoms with Gasteiger partial charge in [-0.05, 0) is 30.0 Å². The molecule has 0 radical (unpaired) electrons. The van der Waals surface area contributed by atoms with Gasteiger partial charge in [-0.3, -0.25) is 0 Å². The lowest BCUT2D eigenvalue weighted by Gasteiger charge is -2.21. The molecule has 0 aliphatic heterocycles. The maximum atomic E-state index is 6.66. The van der Waals surface area contributed by atoms with Gasteiger partial charge in [0.15, 0.2) is 11.1 Å². The van der Waals surface area contributed by atoms with E-state index in [-0.39, 0.29) is 0 Å². The predicted molar refractivity (Wildman–Crippen MR) is 117 cm³/mol. The van der Waals surface area contributed by atoms with E-state index >= 15 is 0 Å². The Bertz CT molecular complexity index is 1380. The van der Waals surface area contributed by atoms with Gasteiger partial charge in [0.1, 0.15) is 5.58 Å². The minimum absolute atomic E-state index is 0.980. The van der Waals surface area contributed by atoms with Gasteiger partial charge in [0.05, 0.1) is 33.8 Å². The summed E-state index contributed by atoms with van der Waals surface area (Å²) >= 11 is 0. The van der Waals surface area contributed by atoms with E-state index in [2.05, 4.69) is 92.4 Å². The molecule has 2 aromatic carbocycles. The first-order chi connectivity index (χ1) is 12.8. The van der Waals surface area contributed by atoms with Crippen LogP contribution in [0.2, 0.25) is 19.6 Å². The number of nitrogens with zero attached hydrogens (tertiary/aromatic N) is 2. The number of pyridine rings is 1. The van der Waals surface area contributed by atoms with Crippen LogP contribution in [0.4, 0.5) is 0 Å². The maximum absolute atomic E-state index is 6.66. The molecule has 3 nitrogen and oxygen atoms in total. The molecule has 5 aromatic rings. The molecule has 5 rings (SSSR count). The second kappa shape index (κ2) is 5.23. The number of benzene rings is 2. The Hall–Kier alpha value is -2.59. The Morgan fingerprint density at radius 3 is 2.52 bits per heavy atom. The van der Waals surface area contributed by atoms with Gasteiger partial charge in [-0.15, -0.1) is 0 Å². The van der Waals surface area contributed by atoms with E-state index in [0.29, 0.717) is 0 Å². The Morgan fingerprint density at radius 1 is 1.00 bits per heavy atom. The summed E-state index contributed by atoms with van der Waals surface area (Å²) in [6.07, 6.45) is 2.17. The maximum Gasteiger partial charge on any atom is 0.288 e. The van der Waals surface area contributed by atoms with Gasteiger partial charge in [0.2, 0.25) is 0 Å². The Labute approximate surface area is 159 Å². The molecule has 0 fully saturated rings. The molecular weight excluding hydrogens is 348 g/mol. The summed E-state index contributed by atoms with van der Waals surface area (Å²) in [4.78, 5) is 0. The number of hydrogen-bond donors (Lipinski definition) is 0. The highest BCUT2D eigenvalue weighted by Crippen LogP contribution is 2.36. The fourth-order valence-corrected chi connectivity index (χ4v) is 6.56. The number of aromatic nitrogens is 2. The van der Waals surface area contributed by atoms with Crippen LogP contribution in [-0.4, -0.2) is 12.6 Å². The third-order valence-corrected chi connectivity index (χ3v) is 7.82. The third-order valence-electron chi connectivity index (χ3n) is 5.82. The summed E-state index contributed by atoms with van der Waals surface area (Å²) in [5.74, 6) is 0. The van der Waals surface area contributed by atoms with Crippen molar-refractivity contribution in [1.29, 1.82) is 0 Å². The number of aryl methyl sites for hydroxylation is 3. The molecule has 0 aliphatic carbocycles. The van der Waals surface area contributed by atoms with Crippen molar-refractivity contribution in [2.24, 2.45) is 14.1 Å². The van der Waals surface area contributed by atoms with Gasteiger partial charge in [0, 0.05) is 16.0 Å². The van der Waals surface area contributed by atoms with Crippen LogP contribution in [0.3, 0.4) is 0 Å². The predicted octanol–water partition coefficient (Wildman–Crippen LogP) is 4.91. The fourth-order valence-electron chi connectivity index (χ4n) is 4.71. The molecule has 0 spiro atoms. The summed E-state index contributed by atoms with van der Waals surface area (Å²) in [7, 11) is 2.64. The minimum Gasteiger partial charge on any atom is -0.452 e. The lowest BCUT2D eigenvalue weighted by Crippen LogP contribution is -2.40. The van der Waals surface area contributed by atoms with Gasteiger partial charge in [-0.2, -0.15) is 0 Å². The van der Waals surface area contributed by atoms with Gasteiger partial charge in [-0.1, -0.05) is 43.9 Å². The van der Waals surface area contributed by atoms with E-state index in [1.165, 1.54) is 43.5 Å². The topological polar surface area (TPSA) is 21.9 Å². The molecule has 0 unspecified atom stereocenters. The summed E-state index contributed by atoms with van der Waals surface area (Å²) in [6, 6.07) is 13.1. The molecule has 0 amide bonds. The van der Waals surface area contributed by atoms with Crippen molar-refractivity contribution in [1.82, 2.24) is 4.57 Å². The van der Waals surface area contributed by atoms with E-state index in [1.54, 1.807) is 0 Å². The van der Waals surface area contributed by atoms with Crippen LogP contribution in [0, 0.1) is 6.92 Å². The van der Waals surface area contributed by atoms with Crippen LogP contribution in [0.15, 0.2) is 47.0 Å². The standard InChI is InChI=1S/C23H25N2OSi/c1-14-10-11-15-8-7-9-17-19(15)18(14)20-21(26-17)22(27(4,5)6)16-12-13-24(2)23(16)25(20)3/h7-13H,1-6H3/q+1. The molecule has 0 saturated carbocycles. The zero-order chi connectivity index (χ0) is 19.1. The van der Waals surface area contributed by atoms with Crippen molar-refractivity contribution in [3.05, 3.63) is 48.2 Å². The highest BCUT2D eigenvalue weighted by molar-refractivity contribution is 6.92. The molecule has 0 saturated heterocycles. The van der Waals surface area contributed by atoms with Crippen LogP contribution in [0.5, 0.6) is 0 Å². The molecule has 3 heterocycles. The zero-order valence-electron chi connectivity index (χ0n) is 16.8. The van der Waals surface area contributed by atoms with E-state index in [9.17, 15) is 0 Å². The SMILES string of the molecule is Cc1ccc2cccc3oc4c([Si](C)(C)C)c5cc[n+](C)c5n(C)c4c1c23. The van der Waals surface area contributed by atoms with Crippen molar-refractivity contribution in [2.75, 3.05) is 0 Å². The average molecular weight is 374 g/mol. The molecule has 0 bridgehead atoms. The average Bonchev–Trinajstić information content (AvgIpc) is 2.98. The summed E-state index contributed by atoms with van der Waals surface area (Å²) in [6.45, 7) is 9.44. The molecule has 3 aromatic heterocycles. The summed E-state index contributed by atoms with van der Waals surface area (Å²) in [5, 5.41) is 6.52. The second-order valence-electron chi connectivity index (χ2n) is 8.74. The lowest BCUT2D eigenvalue weighted by atomic mass is 9.99. The first-order valence-electron chi connectivity index (χ1n) is 9.51. The van der Waals surface area contributed by atoms with Crippen LogP contribution >= 0.6 is 0 Å². The van der Waals surface area contributed by atoms with E-state index < -0.39 is 8.07 Å². The number of rotatable bonds is 1. The lowest BCUT2D eigenvalue weighted by molar-refractivity contribution is -0.645. The van der Waals surface area contributed by atoms with Crippen LogP contribution < -0.4 is 9.75 Å². The second-order valence-corrected chi connectivity index (χ2v) is 13.7. The monoisotopic (exact) mass is 373 g/mol. The van der Waals surface area contributed by atoms with Crippen LogP contribution in [0.25, 0.3) is 43.9 Å². The highest BCUT2D eigenvalue weighted by Gasteiger charge is 2.31. The summed E-state index contributed by atoms with van der Waals surface area (Å²) < 4.78 is 11.2. The van der Waals surface area contributed by atoms with E-state index in [4.69, 9.17) is 4.42 Å². The molecule has 27 heavy (non-hydrogen) atoms. The van der Waals surface area contributed by atoms with E-state index in [0.717, 1.165) is 11.2 Å². The minimum atomic E-state index is -1.66. The fraction of sp³-hybridized carbons (Fsp3) is 0.261. The first-order valence-corrected chi connectivity index (χ1v) is 13.0. The zero-order valence-corrected chi connectivity index (χ0v) is 17.8. The van der Waals surface area contributed by atoms with Gasteiger partial charge in [0.25, 0.3) is 5.65 Å². The molecular formula is C23H25N2OSi+. The number of hydrogen-bond acceptors (Lipinski definition) is 1. The summed E-state index contributed by atoms with van der Waals surface area (Å²) in [5.41, 5.74) is 5.80. The largest absolute Gasteiger partial charge is 0.452 e.